The fraction of sp³-hybridized carbons (Fsp3) is 0.357. The molecule has 2 aromatic rings. The maximum Gasteiger partial charge on any atom is 0.339 e. The molecule has 21 heavy (non-hydrogen) atoms. The van der Waals surface area contributed by atoms with Crippen LogP contribution in [-0.4, -0.2) is 37.6 Å². The van der Waals surface area contributed by atoms with Crippen LogP contribution in [0.2, 0.25) is 0 Å². The zero-order valence-corrected chi connectivity index (χ0v) is 11.7. The first-order chi connectivity index (χ1) is 10.1. The van der Waals surface area contributed by atoms with Crippen molar-refractivity contribution in [3.05, 3.63) is 40.8 Å². The first kappa shape index (κ1) is 13.6. The highest BCUT2D eigenvalue weighted by molar-refractivity contribution is 5.93. The molecule has 0 radical (unpaired) electrons. The van der Waals surface area contributed by atoms with Gasteiger partial charge in [0.15, 0.2) is 0 Å². The third-order valence-corrected chi connectivity index (χ3v) is 3.59. The number of anilines is 1. The number of hydrogen-bond donors (Lipinski definition) is 2. The molecule has 2 N–H and O–H groups in total. The van der Waals surface area contributed by atoms with E-state index in [0.29, 0.717) is 25.5 Å². The molecule has 0 saturated carbocycles. The van der Waals surface area contributed by atoms with Crippen LogP contribution in [0.1, 0.15) is 27.3 Å². The normalized spacial score (nSPS) is 13.5. The molecule has 0 fully saturated rings. The summed E-state index contributed by atoms with van der Waals surface area (Å²) in [6.07, 6.45) is 1.77. The molecule has 0 aliphatic carbocycles. The first-order valence-electron chi connectivity index (χ1n) is 6.70. The van der Waals surface area contributed by atoms with Gasteiger partial charge in [-0.1, -0.05) is 0 Å². The van der Waals surface area contributed by atoms with Gasteiger partial charge in [-0.2, -0.15) is 5.10 Å². The van der Waals surface area contributed by atoms with Crippen LogP contribution in [0.15, 0.2) is 18.3 Å². The van der Waals surface area contributed by atoms with E-state index in [1.54, 1.807) is 23.0 Å². The van der Waals surface area contributed by atoms with Crippen molar-refractivity contribution in [3.63, 3.8) is 0 Å². The number of carbonyl (C=O) groups is 1. The minimum Gasteiger partial charge on any atom is -0.478 e. The predicted molar refractivity (Wildman–Crippen MR) is 75.1 cm³/mol. The van der Waals surface area contributed by atoms with Crippen LogP contribution in [0.5, 0.6) is 0 Å². The van der Waals surface area contributed by atoms with E-state index < -0.39 is 5.97 Å². The number of fused-ring (bicyclic) bond motifs is 1. The average Bonchev–Trinajstić information content (AvgIpc) is 3.00. The van der Waals surface area contributed by atoms with E-state index in [1.165, 1.54) is 0 Å². The van der Waals surface area contributed by atoms with Gasteiger partial charge in [-0.3, -0.25) is 4.68 Å². The highest BCUT2D eigenvalue weighted by atomic mass is 16.4. The second kappa shape index (κ2) is 5.17. The van der Waals surface area contributed by atoms with Crippen molar-refractivity contribution in [1.29, 1.82) is 0 Å². The zero-order valence-electron chi connectivity index (χ0n) is 11.7. The van der Waals surface area contributed by atoms with Gasteiger partial charge in [-0.05, 0) is 19.1 Å². The van der Waals surface area contributed by atoms with Gasteiger partial charge >= 0.3 is 5.97 Å². The summed E-state index contributed by atoms with van der Waals surface area (Å²) in [5.41, 5.74) is 3.03. The number of aryl methyl sites for hydroxylation is 1. The molecular weight excluding hydrogens is 272 g/mol. The van der Waals surface area contributed by atoms with Crippen molar-refractivity contribution in [2.24, 2.45) is 0 Å². The minimum absolute atomic E-state index is 0.0250. The van der Waals surface area contributed by atoms with Gasteiger partial charge in [0.2, 0.25) is 0 Å². The Balaban J connectivity index is 1.94. The molecule has 0 atom stereocenters. The Morgan fingerprint density at radius 2 is 2.19 bits per heavy atom. The lowest BCUT2D eigenvalue weighted by Crippen LogP contribution is -2.21. The van der Waals surface area contributed by atoms with Gasteiger partial charge in [0, 0.05) is 17.8 Å². The van der Waals surface area contributed by atoms with Crippen molar-refractivity contribution in [2.45, 2.75) is 26.6 Å². The van der Waals surface area contributed by atoms with Crippen LogP contribution in [0.4, 0.5) is 5.82 Å². The summed E-state index contributed by atoms with van der Waals surface area (Å²) in [6, 6.07) is 3.28. The number of rotatable bonds is 4. The number of aromatic nitrogens is 3. The Morgan fingerprint density at radius 1 is 1.38 bits per heavy atom. The summed E-state index contributed by atoms with van der Waals surface area (Å²) < 4.78 is 1.76. The molecule has 0 bridgehead atoms. The zero-order chi connectivity index (χ0) is 15.0. The predicted octanol–water partition coefficient (Wildman–Crippen LogP) is 0.797. The number of carboxylic acid groups (broad SMARTS) is 1. The molecule has 3 heterocycles. The maximum atomic E-state index is 11.4. The molecule has 0 spiro atoms. The summed E-state index contributed by atoms with van der Waals surface area (Å²) in [4.78, 5) is 17.7. The number of hydrogen-bond acceptors (Lipinski definition) is 5. The monoisotopic (exact) mass is 288 g/mol. The van der Waals surface area contributed by atoms with E-state index in [-0.39, 0.29) is 12.2 Å². The van der Waals surface area contributed by atoms with Crippen LogP contribution < -0.4 is 4.90 Å². The summed E-state index contributed by atoms with van der Waals surface area (Å²) in [6.45, 7) is 3.43. The molecule has 1 aliphatic rings. The van der Waals surface area contributed by atoms with Gasteiger partial charge in [0.1, 0.15) is 11.4 Å². The lowest BCUT2D eigenvalue weighted by molar-refractivity contribution is 0.0697. The standard InChI is InChI=1S/C14H16N4O3/c1-9-2-3-11(14(20)21)13(16-9)17-7-10-6-15-18(4-5-19)12(10)8-17/h2-3,6,19H,4-5,7-8H2,1H3,(H,20,21). The molecule has 3 rings (SSSR count). The van der Waals surface area contributed by atoms with Gasteiger partial charge in [-0.15, -0.1) is 0 Å². The molecular formula is C14H16N4O3. The quantitative estimate of drug-likeness (QED) is 0.864. The summed E-state index contributed by atoms with van der Waals surface area (Å²) in [5, 5.41) is 22.6. The molecule has 110 valence electrons. The molecule has 1 aliphatic heterocycles. The van der Waals surface area contributed by atoms with Crippen molar-refractivity contribution >= 4 is 11.8 Å². The Labute approximate surface area is 121 Å². The first-order valence-corrected chi connectivity index (χ1v) is 6.70. The van der Waals surface area contributed by atoms with E-state index in [0.717, 1.165) is 17.0 Å². The van der Waals surface area contributed by atoms with Crippen LogP contribution >= 0.6 is 0 Å². The molecule has 7 heteroatoms. The van der Waals surface area contributed by atoms with Crippen LogP contribution in [0.25, 0.3) is 0 Å². The molecule has 0 amide bonds. The Morgan fingerprint density at radius 3 is 2.90 bits per heavy atom. The highest BCUT2D eigenvalue weighted by Crippen LogP contribution is 2.29. The third kappa shape index (κ3) is 2.36. The second-order valence-corrected chi connectivity index (χ2v) is 5.05. The Bertz CT molecular complexity index is 696. The maximum absolute atomic E-state index is 11.4. The minimum atomic E-state index is -0.981. The molecule has 7 nitrogen and oxygen atoms in total. The van der Waals surface area contributed by atoms with E-state index in [2.05, 4.69) is 10.1 Å². The fourth-order valence-corrected chi connectivity index (χ4v) is 2.60. The second-order valence-electron chi connectivity index (χ2n) is 5.05. The number of carboxylic acids is 1. The molecule has 0 unspecified atom stereocenters. The summed E-state index contributed by atoms with van der Waals surface area (Å²) >= 11 is 0. The topological polar surface area (TPSA) is 91.5 Å². The van der Waals surface area contributed by atoms with Crippen LogP contribution in [0, 0.1) is 6.92 Å². The van der Waals surface area contributed by atoms with Gasteiger partial charge in [0.25, 0.3) is 0 Å². The lowest BCUT2D eigenvalue weighted by Gasteiger charge is -2.19. The smallest absolute Gasteiger partial charge is 0.339 e. The summed E-state index contributed by atoms with van der Waals surface area (Å²) in [7, 11) is 0. The van der Waals surface area contributed by atoms with Crippen LogP contribution in [0.3, 0.4) is 0 Å². The van der Waals surface area contributed by atoms with Crippen molar-refractivity contribution in [2.75, 3.05) is 11.5 Å². The SMILES string of the molecule is Cc1ccc(C(=O)O)c(N2Cc3cnn(CCO)c3C2)n1. The van der Waals surface area contributed by atoms with Crippen molar-refractivity contribution < 1.29 is 15.0 Å². The van der Waals surface area contributed by atoms with Crippen LogP contribution in [-0.2, 0) is 19.6 Å². The van der Waals surface area contributed by atoms with E-state index in [4.69, 9.17) is 5.11 Å². The number of aromatic carboxylic acids is 1. The average molecular weight is 288 g/mol. The van der Waals surface area contributed by atoms with E-state index in [1.807, 2.05) is 11.8 Å². The lowest BCUT2D eigenvalue weighted by atomic mass is 10.2. The Kier molecular flexibility index (Phi) is 3.34. The Hall–Kier alpha value is -2.41. The van der Waals surface area contributed by atoms with E-state index >= 15 is 0 Å². The largest absolute Gasteiger partial charge is 0.478 e. The van der Waals surface area contributed by atoms with Gasteiger partial charge in [0.05, 0.1) is 31.6 Å². The van der Waals surface area contributed by atoms with Crippen molar-refractivity contribution in [1.82, 2.24) is 14.8 Å². The van der Waals surface area contributed by atoms with Gasteiger partial charge < -0.3 is 15.1 Å². The third-order valence-electron chi connectivity index (χ3n) is 3.59. The molecule has 0 saturated heterocycles. The molecule has 0 aromatic carbocycles. The number of aliphatic hydroxyl groups excluding tert-OH is 1. The number of nitrogens with zero attached hydrogens (tertiary/aromatic N) is 4. The highest BCUT2D eigenvalue weighted by Gasteiger charge is 2.27. The van der Waals surface area contributed by atoms with Gasteiger partial charge in [-0.25, -0.2) is 9.78 Å². The van der Waals surface area contributed by atoms with Crippen molar-refractivity contribution in [3.8, 4) is 0 Å². The number of aliphatic hydroxyl groups is 1. The fourth-order valence-electron chi connectivity index (χ4n) is 2.60. The summed E-state index contributed by atoms with van der Waals surface area (Å²) in [5.74, 6) is -0.500. The molecule has 2 aromatic heterocycles. The number of pyridine rings is 1. The van der Waals surface area contributed by atoms with E-state index in [9.17, 15) is 9.90 Å².